The summed E-state index contributed by atoms with van der Waals surface area (Å²) in [6.45, 7) is 5.01. The molecule has 1 N–H and O–H groups in total. The second-order valence-electron chi connectivity index (χ2n) is 5.67. The maximum atomic E-state index is 11.6. The number of rotatable bonds is 16. The van der Waals surface area contributed by atoms with E-state index in [4.69, 9.17) is 9.05 Å². The first kappa shape index (κ1) is 25.9. The molecule has 0 aliphatic heterocycles. The van der Waals surface area contributed by atoms with E-state index in [0.717, 1.165) is 25.7 Å². The van der Waals surface area contributed by atoms with Gasteiger partial charge >= 0.3 is 56.7 Å². The summed E-state index contributed by atoms with van der Waals surface area (Å²) in [4.78, 5) is 9.51. The van der Waals surface area contributed by atoms with E-state index in [9.17, 15) is 9.46 Å². The van der Waals surface area contributed by atoms with Gasteiger partial charge in [-0.15, -0.1) is 0 Å². The monoisotopic (exact) mass is 462 g/mol. The number of phosphoric acid groups is 1. The van der Waals surface area contributed by atoms with Crippen molar-refractivity contribution >= 4 is 56.7 Å². The molecule has 0 spiro atoms. The molecular formula is C16H37BaO4P. The first-order valence-electron chi connectivity index (χ1n) is 8.74. The Morgan fingerprint density at radius 1 is 0.682 bits per heavy atom. The van der Waals surface area contributed by atoms with Crippen molar-refractivity contribution in [1.29, 1.82) is 0 Å². The molecule has 0 amide bonds. The Morgan fingerprint density at radius 2 is 1.00 bits per heavy atom. The zero-order chi connectivity index (χ0) is 15.8. The molecule has 0 saturated heterocycles. The molecule has 0 aliphatic rings. The molecule has 0 radical (unpaired) electrons. The second kappa shape index (κ2) is 19.0. The van der Waals surface area contributed by atoms with E-state index in [1.165, 1.54) is 51.4 Å². The van der Waals surface area contributed by atoms with Gasteiger partial charge in [0.1, 0.15) is 0 Å². The van der Waals surface area contributed by atoms with Crippen LogP contribution in [0, 0.1) is 0 Å². The van der Waals surface area contributed by atoms with Crippen LogP contribution in [0.4, 0.5) is 0 Å². The van der Waals surface area contributed by atoms with Crippen LogP contribution >= 0.6 is 7.82 Å². The zero-order valence-electron chi connectivity index (χ0n) is 14.0. The van der Waals surface area contributed by atoms with E-state index in [0.29, 0.717) is 13.2 Å². The van der Waals surface area contributed by atoms with Gasteiger partial charge in [0.15, 0.2) is 0 Å². The fourth-order valence-corrected chi connectivity index (χ4v) is 2.96. The fraction of sp³-hybridized carbons (Fsp3) is 1.00. The molecule has 0 aliphatic carbocycles. The fourth-order valence-electron chi connectivity index (χ4n) is 2.16. The third-order valence-electron chi connectivity index (χ3n) is 3.50. The van der Waals surface area contributed by atoms with Crippen LogP contribution in [0.15, 0.2) is 0 Å². The van der Waals surface area contributed by atoms with Gasteiger partial charge in [-0.2, -0.15) is 0 Å². The van der Waals surface area contributed by atoms with Gasteiger partial charge in [-0.1, -0.05) is 78.1 Å². The van der Waals surface area contributed by atoms with E-state index in [2.05, 4.69) is 13.8 Å². The molecule has 0 bridgehead atoms. The zero-order valence-corrected chi connectivity index (χ0v) is 14.9. The van der Waals surface area contributed by atoms with Crippen LogP contribution in [0.3, 0.4) is 0 Å². The summed E-state index contributed by atoms with van der Waals surface area (Å²) in [5, 5.41) is 0. The van der Waals surface area contributed by atoms with Crippen molar-refractivity contribution in [2.45, 2.75) is 90.9 Å². The predicted octanol–water partition coefficient (Wildman–Crippen LogP) is 4.92. The molecule has 0 aromatic rings. The Labute approximate surface area is 177 Å². The molecule has 0 aromatic carbocycles. The second-order valence-corrected chi connectivity index (χ2v) is 7.12. The van der Waals surface area contributed by atoms with E-state index in [-0.39, 0.29) is 48.9 Å². The molecule has 0 rings (SSSR count). The van der Waals surface area contributed by atoms with Crippen LogP contribution in [-0.2, 0) is 13.6 Å². The Hall–Kier alpha value is 1.68. The molecular weight excluding hydrogens is 424 g/mol. The minimum atomic E-state index is -3.82. The summed E-state index contributed by atoms with van der Waals surface area (Å²) >= 11 is 0. The van der Waals surface area contributed by atoms with Crippen LogP contribution in [-0.4, -0.2) is 67.0 Å². The van der Waals surface area contributed by atoms with E-state index in [1.807, 2.05) is 0 Å². The Kier molecular flexibility index (Phi) is 22.4. The molecule has 132 valence electrons. The normalized spacial score (nSPS) is 11.4. The molecule has 22 heavy (non-hydrogen) atoms. The maximum absolute atomic E-state index is 11.6. The Bertz CT molecular complexity index is 243. The topological polar surface area (TPSA) is 55.8 Å². The number of phosphoric ester groups is 1. The summed E-state index contributed by atoms with van der Waals surface area (Å²) in [6, 6.07) is 0. The minimum absolute atomic E-state index is 0. The van der Waals surface area contributed by atoms with Gasteiger partial charge in [0.25, 0.3) is 0 Å². The van der Waals surface area contributed by atoms with Crippen molar-refractivity contribution in [3.8, 4) is 0 Å². The molecule has 4 nitrogen and oxygen atoms in total. The van der Waals surface area contributed by atoms with Crippen molar-refractivity contribution in [1.82, 2.24) is 0 Å². The van der Waals surface area contributed by atoms with Gasteiger partial charge in [0, 0.05) is 0 Å². The molecule has 0 heterocycles. The van der Waals surface area contributed by atoms with Gasteiger partial charge in [-0.05, 0) is 12.8 Å². The molecule has 0 aromatic heterocycles. The summed E-state index contributed by atoms with van der Waals surface area (Å²) in [6.07, 6.45) is 13.6. The third kappa shape index (κ3) is 19.7. The van der Waals surface area contributed by atoms with Gasteiger partial charge in [0.2, 0.25) is 0 Å². The quantitative estimate of drug-likeness (QED) is 0.201. The number of hydrogen-bond acceptors (Lipinski definition) is 3. The van der Waals surface area contributed by atoms with Gasteiger partial charge in [0.05, 0.1) is 13.2 Å². The van der Waals surface area contributed by atoms with E-state index in [1.54, 1.807) is 0 Å². The van der Waals surface area contributed by atoms with Crippen LogP contribution in [0.25, 0.3) is 0 Å². The average Bonchev–Trinajstić information content (AvgIpc) is 2.45. The molecule has 6 heteroatoms. The molecule has 0 unspecified atom stereocenters. The average molecular weight is 462 g/mol. The Balaban J connectivity index is 0. The van der Waals surface area contributed by atoms with E-state index >= 15 is 0 Å². The van der Waals surface area contributed by atoms with Crippen molar-refractivity contribution in [3.63, 3.8) is 0 Å². The van der Waals surface area contributed by atoms with Gasteiger partial charge in [-0.3, -0.25) is 9.05 Å². The van der Waals surface area contributed by atoms with Crippen molar-refractivity contribution in [2.24, 2.45) is 0 Å². The summed E-state index contributed by atoms with van der Waals surface area (Å²) < 4.78 is 21.5. The van der Waals surface area contributed by atoms with Crippen LogP contribution in [0.5, 0.6) is 0 Å². The molecule has 0 saturated carbocycles. The number of hydrogen-bond donors (Lipinski definition) is 1. The summed E-state index contributed by atoms with van der Waals surface area (Å²) in [5.41, 5.74) is 0. The van der Waals surface area contributed by atoms with Gasteiger partial charge < -0.3 is 4.89 Å². The van der Waals surface area contributed by atoms with Crippen LogP contribution < -0.4 is 0 Å². The van der Waals surface area contributed by atoms with Crippen molar-refractivity contribution < 1.29 is 18.5 Å². The van der Waals surface area contributed by atoms with Crippen molar-refractivity contribution in [2.75, 3.05) is 13.2 Å². The molecule has 0 atom stereocenters. The summed E-state index contributed by atoms with van der Waals surface area (Å²) in [7, 11) is -3.82. The third-order valence-corrected chi connectivity index (χ3v) is 4.52. The SMILES string of the molecule is CCCCCCCCOP(=O)(O)OCCCCCCCC.[BaH2]. The standard InChI is InChI=1S/C16H35O4P.Ba.2H/c1-3-5-7-9-11-13-15-19-21(17,18)20-16-14-12-10-8-6-4-2;;;/h3-16H2,1-2H3,(H,17,18);;;. The summed E-state index contributed by atoms with van der Waals surface area (Å²) in [5.74, 6) is 0. The molecule has 0 fully saturated rings. The van der Waals surface area contributed by atoms with E-state index < -0.39 is 7.82 Å². The Morgan fingerprint density at radius 3 is 1.36 bits per heavy atom. The first-order chi connectivity index (χ1) is 10.1. The van der Waals surface area contributed by atoms with Crippen LogP contribution in [0.2, 0.25) is 0 Å². The van der Waals surface area contributed by atoms with Crippen LogP contribution in [0.1, 0.15) is 90.9 Å². The van der Waals surface area contributed by atoms with Gasteiger partial charge in [-0.25, -0.2) is 4.57 Å². The predicted molar refractivity (Wildman–Crippen MR) is 97.0 cm³/mol. The van der Waals surface area contributed by atoms with Crippen molar-refractivity contribution in [3.05, 3.63) is 0 Å². The number of unbranched alkanes of at least 4 members (excludes halogenated alkanes) is 10. The first-order valence-corrected chi connectivity index (χ1v) is 10.2.